The molecule has 16 heavy (non-hydrogen) atoms. The van der Waals surface area contributed by atoms with Crippen molar-refractivity contribution in [3.05, 3.63) is 0 Å². The van der Waals surface area contributed by atoms with E-state index in [1.54, 1.807) is 0 Å². The Morgan fingerprint density at radius 2 is 2.00 bits per heavy atom. The summed E-state index contributed by atoms with van der Waals surface area (Å²) in [5.74, 6) is 0.535. The van der Waals surface area contributed by atoms with Crippen LogP contribution in [0.4, 0.5) is 4.79 Å². The number of nitrogens with one attached hydrogen (secondary N) is 2. The molecule has 2 aliphatic rings. The second kappa shape index (κ2) is 4.62. The number of hydrogen-bond donors (Lipinski definition) is 2. The van der Waals surface area contributed by atoms with E-state index in [2.05, 4.69) is 24.5 Å². The standard InChI is InChI=1S/C12H23N3O.H2/c1-10(2)12(4-3-5-12)14-11(16)15-8-6-13-7-9-15;/h10,13H,3-9H2,1-2H3,(H,14,16);1H. The van der Waals surface area contributed by atoms with Crippen molar-refractivity contribution in [3.8, 4) is 0 Å². The molecule has 1 heterocycles. The molecule has 94 valence electrons. The van der Waals surface area contributed by atoms with Gasteiger partial charge in [0.25, 0.3) is 0 Å². The van der Waals surface area contributed by atoms with Gasteiger partial charge in [-0.25, -0.2) is 4.79 Å². The van der Waals surface area contributed by atoms with Crippen LogP contribution in [0.1, 0.15) is 34.5 Å². The first kappa shape index (κ1) is 11.7. The largest absolute Gasteiger partial charge is 0.332 e. The molecule has 4 heteroatoms. The molecule has 2 rings (SSSR count). The highest BCUT2D eigenvalue weighted by molar-refractivity contribution is 5.75. The molecule has 1 aliphatic heterocycles. The zero-order valence-corrected chi connectivity index (χ0v) is 10.4. The molecule has 0 bridgehead atoms. The average molecular weight is 227 g/mol. The maximum absolute atomic E-state index is 12.1. The van der Waals surface area contributed by atoms with Gasteiger partial charge in [0.1, 0.15) is 0 Å². The third-order valence-corrected chi connectivity index (χ3v) is 4.11. The highest BCUT2D eigenvalue weighted by atomic mass is 16.2. The van der Waals surface area contributed by atoms with Crippen LogP contribution in [0, 0.1) is 5.92 Å². The molecular weight excluding hydrogens is 202 g/mol. The zero-order valence-electron chi connectivity index (χ0n) is 10.4. The fourth-order valence-electron chi connectivity index (χ4n) is 2.56. The molecule has 4 nitrogen and oxygen atoms in total. The first-order valence-electron chi connectivity index (χ1n) is 6.42. The summed E-state index contributed by atoms with van der Waals surface area (Å²) in [4.78, 5) is 14.0. The quantitative estimate of drug-likeness (QED) is 0.749. The molecule has 1 saturated heterocycles. The monoisotopic (exact) mass is 227 g/mol. The number of piperazine rings is 1. The van der Waals surface area contributed by atoms with Gasteiger partial charge in [-0.05, 0) is 25.2 Å². The van der Waals surface area contributed by atoms with E-state index in [9.17, 15) is 4.79 Å². The number of nitrogens with zero attached hydrogens (tertiary/aromatic N) is 1. The molecule has 0 aromatic heterocycles. The van der Waals surface area contributed by atoms with E-state index in [1.807, 2.05) is 4.90 Å². The molecule has 2 fully saturated rings. The van der Waals surface area contributed by atoms with Crippen molar-refractivity contribution in [1.29, 1.82) is 0 Å². The molecule has 0 spiro atoms. The lowest BCUT2D eigenvalue weighted by molar-refractivity contribution is 0.111. The van der Waals surface area contributed by atoms with Crippen molar-refractivity contribution in [2.45, 2.75) is 38.6 Å². The maximum atomic E-state index is 12.1. The lowest BCUT2D eigenvalue weighted by Gasteiger charge is -2.47. The number of urea groups is 1. The zero-order chi connectivity index (χ0) is 11.6. The van der Waals surface area contributed by atoms with E-state index < -0.39 is 0 Å². The van der Waals surface area contributed by atoms with Crippen molar-refractivity contribution in [2.75, 3.05) is 26.2 Å². The van der Waals surface area contributed by atoms with Crippen LogP contribution in [0.15, 0.2) is 0 Å². The molecule has 1 saturated carbocycles. The molecule has 1 aliphatic carbocycles. The predicted octanol–water partition coefficient (Wildman–Crippen LogP) is 1.43. The normalized spacial score (nSPS) is 24.1. The second-order valence-corrected chi connectivity index (χ2v) is 5.33. The van der Waals surface area contributed by atoms with E-state index >= 15 is 0 Å². The Labute approximate surface area is 99.2 Å². The van der Waals surface area contributed by atoms with Gasteiger partial charge in [-0.2, -0.15) is 0 Å². The Balaban J connectivity index is 0.00000144. The minimum Gasteiger partial charge on any atom is -0.332 e. The smallest absolute Gasteiger partial charge is 0.317 e. The fourth-order valence-corrected chi connectivity index (χ4v) is 2.56. The van der Waals surface area contributed by atoms with Gasteiger partial charge in [-0.3, -0.25) is 0 Å². The summed E-state index contributed by atoms with van der Waals surface area (Å²) in [6.45, 7) is 7.92. The van der Waals surface area contributed by atoms with Crippen molar-refractivity contribution in [1.82, 2.24) is 15.5 Å². The lowest BCUT2D eigenvalue weighted by atomic mass is 9.69. The van der Waals surface area contributed by atoms with Crippen LogP contribution in [0.5, 0.6) is 0 Å². The Kier molecular flexibility index (Phi) is 3.38. The fraction of sp³-hybridized carbons (Fsp3) is 0.917. The van der Waals surface area contributed by atoms with Gasteiger partial charge in [-0.15, -0.1) is 0 Å². The van der Waals surface area contributed by atoms with E-state index in [0.717, 1.165) is 39.0 Å². The molecule has 0 radical (unpaired) electrons. The molecule has 0 unspecified atom stereocenters. The van der Waals surface area contributed by atoms with Gasteiger partial charge < -0.3 is 15.5 Å². The Bertz CT molecular complexity index is 260. The summed E-state index contributed by atoms with van der Waals surface area (Å²) in [6.07, 6.45) is 3.53. The minimum atomic E-state index is 0. The molecule has 2 N–H and O–H groups in total. The minimum absolute atomic E-state index is 0. The van der Waals surface area contributed by atoms with Crippen molar-refractivity contribution < 1.29 is 6.22 Å². The highest BCUT2D eigenvalue weighted by Gasteiger charge is 2.41. The lowest BCUT2D eigenvalue weighted by Crippen LogP contribution is -2.61. The van der Waals surface area contributed by atoms with Crippen LogP contribution in [0.25, 0.3) is 0 Å². The Morgan fingerprint density at radius 1 is 1.38 bits per heavy atom. The summed E-state index contributed by atoms with van der Waals surface area (Å²) in [5, 5.41) is 6.52. The summed E-state index contributed by atoms with van der Waals surface area (Å²) < 4.78 is 0. The SMILES string of the molecule is CC(C)C1(NC(=O)N2CCNCC2)CCC1.[HH]. The molecule has 2 amide bonds. The average Bonchev–Trinajstić information content (AvgIpc) is 2.24. The molecule has 0 aromatic carbocycles. The van der Waals surface area contributed by atoms with Crippen LogP contribution in [0.2, 0.25) is 0 Å². The van der Waals surface area contributed by atoms with Crippen LogP contribution < -0.4 is 10.6 Å². The van der Waals surface area contributed by atoms with Gasteiger partial charge in [0.2, 0.25) is 0 Å². The van der Waals surface area contributed by atoms with Crippen LogP contribution >= 0.6 is 0 Å². The number of hydrogen-bond acceptors (Lipinski definition) is 2. The third-order valence-electron chi connectivity index (χ3n) is 4.11. The van der Waals surface area contributed by atoms with E-state index in [4.69, 9.17) is 0 Å². The topological polar surface area (TPSA) is 44.4 Å². The second-order valence-electron chi connectivity index (χ2n) is 5.33. The summed E-state index contributed by atoms with van der Waals surface area (Å²) >= 11 is 0. The highest BCUT2D eigenvalue weighted by Crippen LogP contribution is 2.38. The van der Waals surface area contributed by atoms with E-state index in [0.29, 0.717) is 5.92 Å². The van der Waals surface area contributed by atoms with Crippen LogP contribution in [0.3, 0.4) is 0 Å². The van der Waals surface area contributed by atoms with Gasteiger partial charge in [0.15, 0.2) is 0 Å². The number of amides is 2. The molecule has 0 atom stereocenters. The number of carbonyl (C=O) groups excluding carboxylic acids is 1. The third kappa shape index (κ3) is 2.17. The Morgan fingerprint density at radius 3 is 2.44 bits per heavy atom. The number of rotatable bonds is 2. The summed E-state index contributed by atoms with van der Waals surface area (Å²) in [5.41, 5.74) is 0.0853. The van der Waals surface area contributed by atoms with Gasteiger partial charge in [0, 0.05) is 33.1 Å². The van der Waals surface area contributed by atoms with Crippen LogP contribution in [-0.2, 0) is 0 Å². The van der Waals surface area contributed by atoms with Crippen molar-refractivity contribution in [3.63, 3.8) is 0 Å². The van der Waals surface area contributed by atoms with E-state index in [1.165, 1.54) is 6.42 Å². The first-order valence-corrected chi connectivity index (χ1v) is 6.42. The van der Waals surface area contributed by atoms with E-state index in [-0.39, 0.29) is 13.0 Å². The number of carbonyl (C=O) groups is 1. The summed E-state index contributed by atoms with van der Waals surface area (Å²) in [7, 11) is 0. The Hall–Kier alpha value is -0.770. The van der Waals surface area contributed by atoms with Crippen LogP contribution in [-0.4, -0.2) is 42.6 Å². The summed E-state index contributed by atoms with van der Waals surface area (Å²) in [6, 6.07) is 0.134. The van der Waals surface area contributed by atoms with Crippen molar-refractivity contribution >= 4 is 6.03 Å². The predicted molar refractivity (Wildman–Crippen MR) is 66.5 cm³/mol. The van der Waals surface area contributed by atoms with Gasteiger partial charge >= 0.3 is 6.03 Å². The maximum Gasteiger partial charge on any atom is 0.317 e. The van der Waals surface area contributed by atoms with Gasteiger partial charge in [-0.1, -0.05) is 13.8 Å². The first-order chi connectivity index (χ1) is 7.64. The van der Waals surface area contributed by atoms with Crippen molar-refractivity contribution in [2.24, 2.45) is 5.92 Å². The molecular formula is C12H25N3O. The molecule has 0 aromatic rings. The van der Waals surface area contributed by atoms with Gasteiger partial charge in [0.05, 0.1) is 0 Å².